The first-order valence-electron chi connectivity index (χ1n) is 17.1. The number of benzene rings is 4. The van der Waals surface area contributed by atoms with Crippen molar-refractivity contribution >= 4 is 34.7 Å². The Morgan fingerprint density at radius 3 is 2.18 bits per heavy atom. The standard InChI is InChI=1S/C41H45N3O7/c1-8-42-33-20-35-31(18-25(33)3)38(32-19-26(4)34(43-9-2)21-36(32)50-35)29-12-10-11-13-30(29)39(46)49-24-28-16-14-27(15-17-28)23-48-37(45)22-44-40(47)51-41(5,6)7/h10-21,42H,8-9,22-24H2,1-7H3,(H,44,47). The highest BCUT2D eigenvalue weighted by atomic mass is 16.6. The first-order chi connectivity index (χ1) is 24.4. The van der Waals surface area contributed by atoms with Crippen LogP contribution < -0.4 is 16.0 Å². The van der Waals surface area contributed by atoms with E-state index in [1.807, 2.05) is 56.3 Å². The highest BCUT2D eigenvalue weighted by molar-refractivity contribution is 6.08. The lowest BCUT2D eigenvalue weighted by molar-refractivity contribution is -0.143. The highest BCUT2D eigenvalue weighted by Gasteiger charge is 2.24. The van der Waals surface area contributed by atoms with Gasteiger partial charge < -0.3 is 29.3 Å². The lowest BCUT2D eigenvalue weighted by atomic mass is 9.89. The molecule has 10 heteroatoms. The third-order valence-corrected chi connectivity index (χ3v) is 8.06. The smallest absolute Gasteiger partial charge is 0.408 e. The Bertz CT molecular complexity index is 2090. The summed E-state index contributed by atoms with van der Waals surface area (Å²) in [7, 11) is 0. The van der Waals surface area contributed by atoms with Gasteiger partial charge in [-0.05, 0) is 94.5 Å². The Balaban J connectivity index is 1.36. The Morgan fingerprint density at radius 2 is 1.51 bits per heavy atom. The minimum atomic E-state index is -0.692. The maximum atomic E-state index is 13.8. The SMILES string of the molecule is CCN=c1cc2oc3cc(NCC)c(C)cc3c(-c3ccccc3C(=O)OCc3ccc(COC(=O)CNC(=O)OC(C)(C)C)cc3)c-2cc1C. The third kappa shape index (κ3) is 9.13. The van der Waals surface area contributed by atoms with Gasteiger partial charge in [0.2, 0.25) is 0 Å². The predicted octanol–water partition coefficient (Wildman–Crippen LogP) is 8.10. The van der Waals surface area contributed by atoms with Crippen LogP contribution >= 0.6 is 0 Å². The number of carbonyl (C=O) groups excluding carboxylic acids is 3. The van der Waals surface area contributed by atoms with Crippen molar-refractivity contribution in [3.05, 3.63) is 106 Å². The van der Waals surface area contributed by atoms with Gasteiger partial charge in [0.25, 0.3) is 0 Å². The summed E-state index contributed by atoms with van der Waals surface area (Å²) in [6, 6.07) is 22.8. The van der Waals surface area contributed by atoms with Crippen LogP contribution in [-0.4, -0.2) is 43.3 Å². The Kier molecular flexibility index (Phi) is 11.4. The molecule has 0 saturated carbocycles. The molecular formula is C41H45N3O7. The van der Waals surface area contributed by atoms with Crippen molar-refractivity contribution in [2.45, 2.75) is 67.3 Å². The van der Waals surface area contributed by atoms with Crippen LogP contribution in [-0.2, 0) is 32.2 Å². The van der Waals surface area contributed by atoms with Crippen LogP contribution in [0.15, 0.2) is 82.2 Å². The second-order valence-corrected chi connectivity index (χ2v) is 13.2. The lowest BCUT2D eigenvalue weighted by Gasteiger charge is -2.20. The van der Waals surface area contributed by atoms with Crippen LogP contribution in [0.5, 0.6) is 0 Å². The number of hydrogen-bond donors (Lipinski definition) is 2. The molecule has 0 fully saturated rings. The minimum Gasteiger partial charge on any atom is -0.460 e. The van der Waals surface area contributed by atoms with E-state index in [1.54, 1.807) is 39.0 Å². The fourth-order valence-electron chi connectivity index (χ4n) is 5.71. The van der Waals surface area contributed by atoms with Crippen molar-refractivity contribution in [3.8, 4) is 22.5 Å². The van der Waals surface area contributed by atoms with Crippen LogP contribution in [0.3, 0.4) is 0 Å². The van der Waals surface area contributed by atoms with Crippen LogP contribution in [0.1, 0.15) is 67.2 Å². The van der Waals surface area contributed by atoms with Crippen molar-refractivity contribution in [2.75, 3.05) is 25.0 Å². The molecule has 51 heavy (non-hydrogen) atoms. The van der Waals surface area contributed by atoms with E-state index in [2.05, 4.69) is 41.6 Å². The third-order valence-electron chi connectivity index (χ3n) is 8.06. The molecule has 1 heterocycles. The molecular weight excluding hydrogens is 646 g/mol. The molecule has 1 aliphatic carbocycles. The number of fused-ring (bicyclic) bond motifs is 2. The molecule has 0 bridgehead atoms. The van der Waals surface area contributed by atoms with E-state index in [4.69, 9.17) is 18.6 Å². The van der Waals surface area contributed by atoms with Gasteiger partial charge in [0.05, 0.1) is 10.9 Å². The van der Waals surface area contributed by atoms with E-state index >= 15 is 0 Å². The number of esters is 2. The molecule has 0 aromatic heterocycles. The van der Waals surface area contributed by atoms with E-state index in [-0.39, 0.29) is 19.8 Å². The summed E-state index contributed by atoms with van der Waals surface area (Å²) < 4.78 is 22.7. The molecule has 1 amide bonds. The molecule has 0 spiro atoms. The maximum absolute atomic E-state index is 13.8. The van der Waals surface area contributed by atoms with E-state index in [9.17, 15) is 14.4 Å². The number of amides is 1. The number of carbonyl (C=O) groups is 3. The summed E-state index contributed by atoms with van der Waals surface area (Å²) in [5.41, 5.74) is 7.53. The number of hydrogen-bond acceptors (Lipinski definition) is 9. The molecule has 3 aromatic rings. The fourth-order valence-corrected chi connectivity index (χ4v) is 5.71. The van der Waals surface area contributed by atoms with Gasteiger partial charge in [-0.1, -0.05) is 42.5 Å². The zero-order chi connectivity index (χ0) is 36.7. The van der Waals surface area contributed by atoms with Crippen molar-refractivity contribution in [1.82, 2.24) is 5.32 Å². The number of ether oxygens (including phenoxy) is 3. The number of aryl methyl sites for hydroxylation is 2. The zero-order valence-electron chi connectivity index (χ0n) is 30.3. The van der Waals surface area contributed by atoms with Crippen molar-refractivity contribution in [1.29, 1.82) is 0 Å². The van der Waals surface area contributed by atoms with E-state index in [0.29, 0.717) is 23.5 Å². The maximum Gasteiger partial charge on any atom is 0.408 e. The first kappa shape index (κ1) is 36.6. The topological polar surface area (TPSA) is 128 Å². The lowest BCUT2D eigenvalue weighted by Crippen LogP contribution is -2.36. The summed E-state index contributed by atoms with van der Waals surface area (Å²) >= 11 is 0. The number of nitrogens with zero attached hydrogens (tertiary/aromatic N) is 1. The number of rotatable bonds is 11. The van der Waals surface area contributed by atoms with Gasteiger partial charge in [-0.15, -0.1) is 0 Å². The van der Waals surface area contributed by atoms with Crippen molar-refractivity contribution in [3.63, 3.8) is 0 Å². The summed E-state index contributed by atoms with van der Waals surface area (Å²) in [4.78, 5) is 42.3. The molecule has 0 radical (unpaired) electrons. The number of alkyl carbamates (subject to hydrolysis) is 1. The normalized spacial score (nSPS) is 11.8. The van der Waals surface area contributed by atoms with Crippen LogP contribution in [0.2, 0.25) is 0 Å². The molecule has 2 aliphatic rings. The van der Waals surface area contributed by atoms with Crippen LogP contribution in [0, 0.1) is 13.8 Å². The van der Waals surface area contributed by atoms with Gasteiger partial charge >= 0.3 is 18.0 Å². The summed E-state index contributed by atoms with van der Waals surface area (Å²) in [5.74, 6) is -0.377. The van der Waals surface area contributed by atoms with E-state index in [0.717, 1.165) is 61.9 Å². The van der Waals surface area contributed by atoms with Crippen molar-refractivity contribution < 1.29 is 33.0 Å². The average molecular weight is 692 g/mol. The Hall–Kier alpha value is -5.64. The fraction of sp³-hybridized carbons (Fsp3) is 0.317. The summed E-state index contributed by atoms with van der Waals surface area (Å²) in [6.07, 6.45) is -0.692. The number of anilines is 1. The van der Waals surface area contributed by atoms with Gasteiger partial charge in [0.1, 0.15) is 36.7 Å². The predicted molar refractivity (Wildman–Crippen MR) is 198 cm³/mol. The second-order valence-electron chi connectivity index (χ2n) is 13.2. The van der Waals surface area contributed by atoms with Crippen LogP contribution in [0.25, 0.3) is 33.4 Å². The zero-order valence-corrected chi connectivity index (χ0v) is 30.3. The largest absolute Gasteiger partial charge is 0.460 e. The molecule has 1 aliphatic heterocycles. The molecule has 5 rings (SSSR count). The summed E-state index contributed by atoms with van der Waals surface area (Å²) in [5, 5.41) is 7.55. The monoisotopic (exact) mass is 691 g/mol. The average Bonchev–Trinajstić information content (AvgIpc) is 3.09. The Labute approximate surface area is 298 Å². The quantitative estimate of drug-likeness (QED) is 0.0808. The van der Waals surface area contributed by atoms with Gasteiger partial charge in [-0.25, -0.2) is 9.59 Å². The van der Waals surface area contributed by atoms with Gasteiger partial charge in [-0.3, -0.25) is 9.79 Å². The molecule has 0 atom stereocenters. The van der Waals surface area contributed by atoms with Gasteiger partial charge in [0, 0.05) is 47.4 Å². The highest BCUT2D eigenvalue weighted by Crippen LogP contribution is 2.43. The molecule has 0 unspecified atom stereocenters. The van der Waals surface area contributed by atoms with Crippen LogP contribution in [0.4, 0.5) is 10.5 Å². The first-order valence-corrected chi connectivity index (χ1v) is 17.1. The van der Waals surface area contributed by atoms with Gasteiger partial charge in [-0.2, -0.15) is 0 Å². The molecule has 266 valence electrons. The van der Waals surface area contributed by atoms with E-state index in [1.165, 1.54) is 0 Å². The van der Waals surface area contributed by atoms with Gasteiger partial charge in [0.15, 0.2) is 0 Å². The van der Waals surface area contributed by atoms with E-state index < -0.39 is 23.6 Å². The molecule has 3 aromatic carbocycles. The second kappa shape index (κ2) is 15.9. The Morgan fingerprint density at radius 1 is 0.824 bits per heavy atom. The molecule has 10 nitrogen and oxygen atoms in total. The minimum absolute atomic E-state index is 0.0243. The van der Waals surface area contributed by atoms with Crippen molar-refractivity contribution in [2.24, 2.45) is 4.99 Å². The summed E-state index contributed by atoms with van der Waals surface area (Å²) in [6.45, 7) is 14.5. The number of nitrogens with one attached hydrogen (secondary N) is 2. The molecule has 2 N–H and O–H groups in total. The molecule has 0 saturated heterocycles.